The van der Waals surface area contributed by atoms with E-state index in [0.29, 0.717) is 23.8 Å². The second-order valence-electron chi connectivity index (χ2n) is 5.90. The fourth-order valence-electron chi connectivity index (χ4n) is 2.87. The molecule has 0 radical (unpaired) electrons. The van der Waals surface area contributed by atoms with Crippen LogP contribution in [0.4, 0.5) is 0 Å². The number of benzene rings is 1. The molecular formula is C17H25NO3. The topological polar surface area (TPSA) is 38.8 Å². The molecule has 1 fully saturated rings. The van der Waals surface area contributed by atoms with Crippen LogP contribution in [-0.2, 0) is 4.74 Å². The van der Waals surface area contributed by atoms with Crippen molar-refractivity contribution in [3.63, 3.8) is 0 Å². The zero-order chi connectivity index (χ0) is 15.4. The minimum atomic E-state index is 0.108. The third-order valence-corrected chi connectivity index (χ3v) is 4.30. The summed E-state index contributed by atoms with van der Waals surface area (Å²) in [5, 5.41) is 0. The molecule has 0 N–H and O–H groups in total. The lowest BCUT2D eigenvalue weighted by atomic mass is 9.95. The number of methoxy groups -OCH3 is 2. The molecule has 2 atom stereocenters. The van der Waals surface area contributed by atoms with Gasteiger partial charge in [-0.05, 0) is 43.5 Å². The number of ether oxygens (including phenoxy) is 2. The first-order valence-corrected chi connectivity index (χ1v) is 7.48. The van der Waals surface area contributed by atoms with E-state index in [1.54, 1.807) is 14.2 Å². The minimum Gasteiger partial charge on any atom is -0.496 e. The van der Waals surface area contributed by atoms with Crippen molar-refractivity contribution in [2.45, 2.75) is 26.4 Å². The number of ketones is 1. The zero-order valence-corrected chi connectivity index (χ0v) is 13.4. The highest BCUT2D eigenvalue weighted by Gasteiger charge is 2.27. The van der Waals surface area contributed by atoms with Crippen LogP contribution >= 0.6 is 0 Å². The van der Waals surface area contributed by atoms with Gasteiger partial charge in [-0.25, -0.2) is 0 Å². The number of nitrogens with zero attached hydrogens (tertiary/aromatic N) is 1. The smallest absolute Gasteiger partial charge is 0.180 e. The van der Waals surface area contributed by atoms with Gasteiger partial charge < -0.3 is 9.47 Å². The van der Waals surface area contributed by atoms with E-state index in [9.17, 15) is 4.79 Å². The molecule has 0 aromatic heterocycles. The molecule has 0 aliphatic carbocycles. The van der Waals surface area contributed by atoms with Crippen molar-refractivity contribution < 1.29 is 14.3 Å². The fraction of sp³-hybridized carbons (Fsp3) is 0.588. The van der Waals surface area contributed by atoms with Gasteiger partial charge in [-0.3, -0.25) is 9.69 Å². The molecule has 2 unspecified atom stereocenters. The molecule has 1 aliphatic rings. The Hall–Kier alpha value is -1.39. The van der Waals surface area contributed by atoms with Crippen molar-refractivity contribution in [3.05, 3.63) is 29.3 Å². The average molecular weight is 291 g/mol. The highest BCUT2D eigenvalue weighted by atomic mass is 16.5. The number of piperidine rings is 1. The molecule has 116 valence electrons. The van der Waals surface area contributed by atoms with E-state index in [4.69, 9.17) is 9.47 Å². The number of likely N-dealkylation sites (tertiary alicyclic amines) is 1. The van der Waals surface area contributed by atoms with E-state index < -0.39 is 0 Å². The van der Waals surface area contributed by atoms with Crippen LogP contribution in [0, 0.1) is 12.8 Å². The Morgan fingerprint density at radius 3 is 2.81 bits per heavy atom. The van der Waals surface area contributed by atoms with Crippen molar-refractivity contribution in [1.29, 1.82) is 0 Å². The van der Waals surface area contributed by atoms with Gasteiger partial charge in [0.1, 0.15) is 5.75 Å². The SMILES string of the molecule is COc1cc(C)ccc1C(=O)CN1CCC(C)C(OC)C1. The summed E-state index contributed by atoms with van der Waals surface area (Å²) in [5.41, 5.74) is 1.75. The highest BCUT2D eigenvalue weighted by Crippen LogP contribution is 2.23. The molecular weight excluding hydrogens is 266 g/mol. The summed E-state index contributed by atoms with van der Waals surface area (Å²) in [6.45, 7) is 6.38. The molecule has 0 bridgehead atoms. The van der Waals surface area contributed by atoms with Crippen LogP contribution in [0.3, 0.4) is 0 Å². The molecule has 0 amide bonds. The molecule has 1 saturated heterocycles. The van der Waals surface area contributed by atoms with E-state index >= 15 is 0 Å². The van der Waals surface area contributed by atoms with E-state index in [2.05, 4.69) is 11.8 Å². The molecule has 4 heteroatoms. The van der Waals surface area contributed by atoms with Gasteiger partial charge in [-0.15, -0.1) is 0 Å². The minimum absolute atomic E-state index is 0.108. The first kappa shape index (κ1) is 16.0. The lowest BCUT2D eigenvalue weighted by molar-refractivity contribution is -0.00326. The van der Waals surface area contributed by atoms with E-state index in [0.717, 1.165) is 25.1 Å². The van der Waals surface area contributed by atoms with Gasteiger partial charge in [-0.2, -0.15) is 0 Å². The number of carbonyl (C=O) groups is 1. The Kier molecular flexibility index (Phi) is 5.37. The van der Waals surface area contributed by atoms with Crippen LogP contribution in [0.5, 0.6) is 5.75 Å². The predicted molar refractivity (Wildman–Crippen MR) is 83.1 cm³/mol. The fourth-order valence-corrected chi connectivity index (χ4v) is 2.87. The molecule has 21 heavy (non-hydrogen) atoms. The van der Waals surface area contributed by atoms with Gasteiger partial charge in [-0.1, -0.05) is 13.0 Å². The number of aryl methyl sites for hydroxylation is 1. The number of Topliss-reactive ketones (excluding diaryl/α,β-unsaturated/α-hetero) is 1. The summed E-state index contributed by atoms with van der Waals surface area (Å²) in [6, 6.07) is 5.71. The largest absolute Gasteiger partial charge is 0.496 e. The van der Waals surface area contributed by atoms with Crippen molar-refractivity contribution in [2.24, 2.45) is 5.92 Å². The first-order chi connectivity index (χ1) is 10.0. The van der Waals surface area contributed by atoms with Crippen molar-refractivity contribution in [3.8, 4) is 5.75 Å². The maximum atomic E-state index is 12.5. The lowest BCUT2D eigenvalue weighted by Crippen LogP contribution is -2.45. The monoisotopic (exact) mass is 291 g/mol. The Bertz CT molecular complexity index is 501. The molecule has 1 aromatic carbocycles. The van der Waals surface area contributed by atoms with Gasteiger partial charge in [0.15, 0.2) is 5.78 Å². The van der Waals surface area contributed by atoms with Crippen LogP contribution < -0.4 is 4.74 Å². The van der Waals surface area contributed by atoms with Gasteiger partial charge >= 0.3 is 0 Å². The highest BCUT2D eigenvalue weighted by molar-refractivity contribution is 6.00. The number of hydrogen-bond donors (Lipinski definition) is 0. The third-order valence-electron chi connectivity index (χ3n) is 4.30. The van der Waals surface area contributed by atoms with Crippen LogP contribution in [0.2, 0.25) is 0 Å². The van der Waals surface area contributed by atoms with E-state index in [1.165, 1.54) is 0 Å². The molecule has 1 aliphatic heterocycles. The predicted octanol–water partition coefficient (Wildman–Crippen LogP) is 2.54. The number of rotatable bonds is 5. The van der Waals surface area contributed by atoms with Gasteiger partial charge in [0.05, 0.1) is 25.3 Å². The Labute approximate surface area is 127 Å². The summed E-state index contributed by atoms with van der Waals surface area (Å²) in [7, 11) is 3.35. The van der Waals surface area contributed by atoms with Crippen molar-refractivity contribution in [2.75, 3.05) is 33.9 Å². The summed E-state index contributed by atoms with van der Waals surface area (Å²) in [6.07, 6.45) is 1.28. The summed E-state index contributed by atoms with van der Waals surface area (Å²) < 4.78 is 10.8. The standard InChI is InChI=1S/C17H25NO3/c1-12-5-6-14(16(9-12)20-3)15(19)10-18-8-7-13(2)17(11-18)21-4/h5-6,9,13,17H,7-8,10-11H2,1-4H3. The summed E-state index contributed by atoms with van der Waals surface area (Å²) >= 11 is 0. The Morgan fingerprint density at radius 2 is 2.14 bits per heavy atom. The average Bonchev–Trinajstić information content (AvgIpc) is 2.48. The normalized spacial score (nSPS) is 23.0. The molecule has 2 rings (SSSR count). The molecule has 4 nitrogen and oxygen atoms in total. The van der Waals surface area contributed by atoms with E-state index in [-0.39, 0.29) is 11.9 Å². The summed E-state index contributed by atoms with van der Waals surface area (Å²) in [4.78, 5) is 14.7. The van der Waals surface area contributed by atoms with Gasteiger partial charge in [0.25, 0.3) is 0 Å². The van der Waals surface area contributed by atoms with Gasteiger partial charge in [0.2, 0.25) is 0 Å². The van der Waals surface area contributed by atoms with E-state index in [1.807, 2.05) is 25.1 Å². The second-order valence-corrected chi connectivity index (χ2v) is 5.90. The Balaban J connectivity index is 2.05. The zero-order valence-electron chi connectivity index (χ0n) is 13.4. The van der Waals surface area contributed by atoms with Crippen LogP contribution in [-0.4, -0.2) is 50.6 Å². The summed E-state index contributed by atoms with van der Waals surface area (Å²) in [5.74, 6) is 1.32. The molecule has 1 heterocycles. The van der Waals surface area contributed by atoms with Gasteiger partial charge in [0, 0.05) is 13.7 Å². The van der Waals surface area contributed by atoms with Crippen LogP contribution in [0.1, 0.15) is 29.3 Å². The molecule has 0 saturated carbocycles. The first-order valence-electron chi connectivity index (χ1n) is 7.48. The Morgan fingerprint density at radius 1 is 1.38 bits per heavy atom. The van der Waals surface area contributed by atoms with Crippen molar-refractivity contribution in [1.82, 2.24) is 4.90 Å². The van der Waals surface area contributed by atoms with Crippen molar-refractivity contribution >= 4 is 5.78 Å². The van der Waals surface area contributed by atoms with Crippen LogP contribution in [0.15, 0.2) is 18.2 Å². The second kappa shape index (κ2) is 7.05. The lowest BCUT2D eigenvalue weighted by Gasteiger charge is -2.35. The van der Waals surface area contributed by atoms with Crippen LogP contribution in [0.25, 0.3) is 0 Å². The third kappa shape index (κ3) is 3.83. The maximum absolute atomic E-state index is 12.5. The number of hydrogen-bond acceptors (Lipinski definition) is 4. The molecule has 1 aromatic rings. The maximum Gasteiger partial charge on any atom is 0.180 e. The molecule has 0 spiro atoms. The quantitative estimate of drug-likeness (QED) is 0.782. The number of carbonyl (C=O) groups excluding carboxylic acids is 1.